The summed E-state index contributed by atoms with van der Waals surface area (Å²) >= 11 is 0. The highest BCUT2D eigenvalue weighted by atomic mass is 14.9. The number of hydrogen-bond donors (Lipinski definition) is 1. The number of nitrogens with one attached hydrogen (secondary N) is 1. The van der Waals surface area contributed by atoms with E-state index in [0.717, 1.165) is 13.1 Å². The molecule has 0 saturated carbocycles. The van der Waals surface area contributed by atoms with Crippen LogP contribution in [0.25, 0.3) is 5.52 Å². The maximum Gasteiger partial charge on any atom is 0.0669 e. The van der Waals surface area contributed by atoms with Crippen LogP contribution in [-0.2, 0) is 0 Å². The van der Waals surface area contributed by atoms with Gasteiger partial charge in [0.1, 0.15) is 0 Å². The third kappa shape index (κ3) is 1.53. The minimum absolute atomic E-state index is 0.709. The van der Waals surface area contributed by atoms with Crippen LogP contribution in [0.2, 0.25) is 0 Å². The molecule has 0 aliphatic carbocycles. The molecule has 3 heterocycles. The number of aromatic nitrogens is 2. The molecule has 2 aromatic heterocycles. The Morgan fingerprint density at radius 3 is 3.00 bits per heavy atom. The van der Waals surface area contributed by atoms with Gasteiger partial charge in [-0.25, -0.2) is 0 Å². The van der Waals surface area contributed by atoms with E-state index in [4.69, 9.17) is 0 Å². The molecular formula is C12H15N3. The maximum atomic E-state index is 4.20. The fourth-order valence-electron chi connectivity index (χ4n) is 2.45. The van der Waals surface area contributed by atoms with E-state index in [1.165, 1.54) is 23.9 Å². The minimum atomic E-state index is 0.709. The van der Waals surface area contributed by atoms with Crippen molar-refractivity contribution >= 4 is 5.52 Å². The molecule has 1 N–H and O–H groups in total. The highest BCUT2D eigenvalue weighted by Gasteiger charge is 2.17. The average molecular weight is 201 g/mol. The molecule has 0 aromatic carbocycles. The first-order valence-corrected chi connectivity index (χ1v) is 5.56. The quantitative estimate of drug-likeness (QED) is 0.762. The third-order valence-corrected chi connectivity index (χ3v) is 3.28. The molecule has 0 atom stereocenters. The average Bonchev–Trinajstić information content (AvgIpc) is 2.74. The number of piperidine rings is 1. The van der Waals surface area contributed by atoms with Crippen LogP contribution in [0, 0.1) is 0 Å². The smallest absolute Gasteiger partial charge is 0.0669 e. The van der Waals surface area contributed by atoms with Crippen molar-refractivity contribution in [3.63, 3.8) is 0 Å². The van der Waals surface area contributed by atoms with Crippen LogP contribution in [0.15, 0.2) is 30.9 Å². The second-order valence-corrected chi connectivity index (χ2v) is 4.16. The maximum absolute atomic E-state index is 4.20. The Kier molecular flexibility index (Phi) is 2.18. The molecule has 3 nitrogen and oxygen atoms in total. The van der Waals surface area contributed by atoms with Crippen molar-refractivity contribution in [2.75, 3.05) is 13.1 Å². The van der Waals surface area contributed by atoms with Gasteiger partial charge in [0.25, 0.3) is 0 Å². The van der Waals surface area contributed by atoms with Crippen molar-refractivity contribution in [2.24, 2.45) is 0 Å². The van der Waals surface area contributed by atoms with E-state index >= 15 is 0 Å². The van der Waals surface area contributed by atoms with Crippen molar-refractivity contribution in [3.8, 4) is 0 Å². The molecule has 1 fully saturated rings. The van der Waals surface area contributed by atoms with Crippen molar-refractivity contribution in [1.82, 2.24) is 14.7 Å². The molecule has 78 valence electrons. The van der Waals surface area contributed by atoms with Crippen molar-refractivity contribution in [2.45, 2.75) is 18.8 Å². The van der Waals surface area contributed by atoms with Gasteiger partial charge in [-0.1, -0.05) is 0 Å². The molecule has 3 rings (SSSR count). The van der Waals surface area contributed by atoms with Gasteiger partial charge in [0, 0.05) is 18.6 Å². The van der Waals surface area contributed by atoms with E-state index in [-0.39, 0.29) is 0 Å². The standard InChI is InChI=1S/C12H15N3/c1-4-13-5-2-10(1)11-3-7-15-8-6-14-9-12(11)15/h3,6-10,13H,1-2,4-5H2. The largest absolute Gasteiger partial charge is 0.321 e. The molecule has 1 aliphatic heterocycles. The summed E-state index contributed by atoms with van der Waals surface area (Å²) in [5, 5.41) is 3.40. The SMILES string of the molecule is c1cn2ccc(C3CCNCC3)c2cn1. The van der Waals surface area contributed by atoms with Gasteiger partial charge in [0.05, 0.1) is 11.7 Å². The normalized spacial score (nSPS) is 18.4. The first kappa shape index (κ1) is 8.92. The first-order valence-electron chi connectivity index (χ1n) is 5.56. The zero-order valence-electron chi connectivity index (χ0n) is 8.69. The Hall–Kier alpha value is -1.35. The van der Waals surface area contributed by atoms with Gasteiger partial charge < -0.3 is 9.72 Å². The predicted octanol–water partition coefficient (Wildman–Crippen LogP) is 1.80. The lowest BCUT2D eigenvalue weighted by molar-refractivity contribution is 0.462. The number of fused-ring (bicyclic) bond motifs is 1. The van der Waals surface area contributed by atoms with Gasteiger partial charge in [-0.3, -0.25) is 4.98 Å². The summed E-state index contributed by atoms with van der Waals surface area (Å²) in [4.78, 5) is 4.20. The molecule has 0 spiro atoms. The van der Waals surface area contributed by atoms with Crippen molar-refractivity contribution in [3.05, 3.63) is 36.4 Å². The predicted molar refractivity (Wildman–Crippen MR) is 60.0 cm³/mol. The summed E-state index contributed by atoms with van der Waals surface area (Å²) in [7, 11) is 0. The van der Waals surface area contributed by atoms with E-state index in [9.17, 15) is 0 Å². The molecule has 15 heavy (non-hydrogen) atoms. The van der Waals surface area contributed by atoms with Crippen LogP contribution in [0.5, 0.6) is 0 Å². The number of nitrogens with zero attached hydrogens (tertiary/aromatic N) is 2. The molecule has 0 bridgehead atoms. The number of hydrogen-bond acceptors (Lipinski definition) is 2. The summed E-state index contributed by atoms with van der Waals surface area (Å²) in [6.45, 7) is 2.28. The zero-order chi connectivity index (χ0) is 10.1. The Morgan fingerprint density at radius 1 is 1.27 bits per heavy atom. The van der Waals surface area contributed by atoms with Gasteiger partial charge in [-0.15, -0.1) is 0 Å². The summed E-state index contributed by atoms with van der Waals surface area (Å²) in [5.74, 6) is 0.709. The fraction of sp³-hybridized carbons (Fsp3) is 0.417. The Morgan fingerprint density at radius 2 is 2.13 bits per heavy atom. The van der Waals surface area contributed by atoms with Crippen LogP contribution in [0.4, 0.5) is 0 Å². The van der Waals surface area contributed by atoms with Gasteiger partial charge in [-0.2, -0.15) is 0 Å². The van der Waals surface area contributed by atoms with Crippen LogP contribution in [0.1, 0.15) is 24.3 Å². The highest BCUT2D eigenvalue weighted by molar-refractivity contribution is 5.55. The van der Waals surface area contributed by atoms with Crippen molar-refractivity contribution in [1.29, 1.82) is 0 Å². The van der Waals surface area contributed by atoms with Gasteiger partial charge in [-0.05, 0) is 43.5 Å². The molecule has 3 heteroatoms. The molecule has 0 unspecified atom stereocenters. The molecule has 1 saturated heterocycles. The topological polar surface area (TPSA) is 29.3 Å². The van der Waals surface area contributed by atoms with E-state index < -0.39 is 0 Å². The monoisotopic (exact) mass is 201 g/mol. The molecule has 0 amide bonds. The van der Waals surface area contributed by atoms with Gasteiger partial charge >= 0.3 is 0 Å². The van der Waals surface area contributed by atoms with Crippen LogP contribution >= 0.6 is 0 Å². The Labute approximate surface area is 89.1 Å². The van der Waals surface area contributed by atoms with Crippen LogP contribution in [-0.4, -0.2) is 22.5 Å². The second kappa shape index (κ2) is 3.66. The van der Waals surface area contributed by atoms with Gasteiger partial charge in [0.15, 0.2) is 0 Å². The lowest BCUT2D eigenvalue weighted by Gasteiger charge is -2.22. The van der Waals surface area contributed by atoms with Crippen LogP contribution < -0.4 is 5.32 Å². The lowest BCUT2D eigenvalue weighted by Crippen LogP contribution is -2.26. The number of rotatable bonds is 1. The third-order valence-electron chi connectivity index (χ3n) is 3.28. The molecule has 1 aliphatic rings. The Bertz CT molecular complexity index is 455. The van der Waals surface area contributed by atoms with E-state index in [0.29, 0.717) is 5.92 Å². The summed E-state index contributed by atoms with van der Waals surface area (Å²) in [6.07, 6.45) is 10.4. The lowest BCUT2D eigenvalue weighted by atomic mass is 9.91. The highest BCUT2D eigenvalue weighted by Crippen LogP contribution is 2.28. The minimum Gasteiger partial charge on any atom is -0.321 e. The first-order chi connectivity index (χ1) is 7.45. The second-order valence-electron chi connectivity index (χ2n) is 4.16. The van der Waals surface area contributed by atoms with E-state index in [2.05, 4.69) is 27.0 Å². The van der Waals surface area contributed by atoms with Crippen LogP contribution in [0.3, 0.4) is 0 Å². The summed E-state index contributed by atoms with van der Waals surface area (Å²) < 4.78 is 2.16. The zero-order valence-corrected chi connectivity index (χ0v) is 8.69. The summed E-state index contributed by atoms with van der Waals surface area (Å²) in [6, 6.07) is 2.24. The molecule has 0 radical (unpaired) electrons. The Balaban J connectivity index is 2.02. The van der Waals surface area contributed by atoms with E-state index in [1.54, 1.807) is 0 Å². The fourth-order valence-corrected chi connectivity index (χ4v) is 2.45. The summed E-state index contributed by atoms with van der Waals surface area (Å²) in [5.41, 5.74) is 2.73. The molecule has 2 aromatic rings. The van der Waals surface area contributed by atoms with E-state index in [1.807, 2.05) is 18.6 Å². The molecular weight excluding hydrogens is 186 g/mol. The van der Waals surface area contributed by atoms with Crippen molar-refractivity contribution < 1.29 is 0 Å². The van der Waals surface area contributed by atoms with Gasteiger partial charge in [0.2, 0.25) is 0 Å².